The van der Waals surface area contributed by atoms with Crippen molar-refractivity contribution in [2.24, 2.45) is 5.92 Å². The van der Waals surface area contributed by atoms with E-state index in [2.05, 4.69) is 0 Å². The van der Waals surface area contributed by atoms with Gasteiger partial charge in [0.2, 0.25) is 5.91 Å². The normalized spacial score (nSPS) is 16.7. The second-order valence-electron chi connectivity index (χ2n) is 6.19. The lowest BCUT2D eigenvalue weighted by molar-refractivity contribution is -0.143. The van der Waals surface area contributed by atoms with E-state index in [-0.39, 0.29) is 12.5 Å². The highest BCUT2D eigenvalue weighted by molar-refractivity contribution is 5.91. The number of hydrogen-bond donors (Lipinski definition) is 1. The summed E-state index contributed by atoms with van der Waals surface area (Å²) >= 11 is 0. The summed E-state index contributed by atoms with van der Waals surface area (Å²) in [5.74, 6) is -0.691. The summed E-state index contributed by atoms with van der Waals surface area (Å²) in [5.41, 5.74) is 1.48. The van der Waals surface area contributed by atoms with Crippen LogP contribution in [0, 0.1) is 12.8 Å². The van der Waals surface area contributed by atoms with Crippen LogP contribution in [0.4, 0.5) is 0 Å². The third-order valence-corrected chi connectivity index (χ3v) is 4.44. The van der Waals surface area contributed by atoms with Crippen LogP contribution in [0.1, 0.15) is 30.9 Å². The van der Waals surface area contributed by atoms with Crippen LogP contribution in [0.25, 0.3) is 0 Å². The minimum Gasteiger partial charge on any atom is -0.496 e. The van der Waals surface area contributed by atoms with Crippen molar-refractivity contribution in [1.29, 1.82) is 0 Å². The monoisotopic (exact) mass is 305 g/mol. The maximum absolute atomic E-state index is 12.8. The Labute approximate surface area is 130 Å². The first kappa shape index (κ1) is 16.3. The van der Waals surface area contributed by atoms with Crippen molar-refractivity contribution in [3.8, 4) is 5.75 Å². The zero-order valence-electron chi connectivity index (χ0n) is 13.5. The molecule has 5 heteroatoms. The van der Waals surface area contributed by atoms with E-state index < -0.39 is 17.3 Å². The minimum absolute atomic E-state index is 0.00786. The van der Waals surface area contributed by atoms with Gasteiger partial charge in [0, 0.05) is 13.6 Å². The highest BCUT2D eigenvalue weighted by Gasteiger charge is 2.52. The van der Waals surface area contributed by atoms with Gasteiger partial charge in [0.1, 0.15) is 5.75 Å². The molecule has 1 N–H and O–H groups in total. The molecule has 0 spiro atoms. The molecule has 0 saturated heterocycles. The van der Waals surface area contributed by atoms with E-state index in [9.17, 15) is 9.59 Å². The Morgan fingerprint density at radius 2 is 2.05 bits per heavy atom. The average molecular weight is 305 g/mol. The maximum atomic E-state index is 12.8. The lowest BCUT2D eigenvalue weighted by atomic mass is 9.93. The van der Waals surface area contributed by atoms with E-state index in [1.807, 2.05) is 25.1 Å². The van der Waals surface area contributed by atoms with E-state index in [1.54, 1.807) is 21.1 Å². The topological polar surface area (TPSA) is 66.8 Å². The van der Waals surface area contributed by atoms with Gasteiger partial charge in [-0.25, -0.2) is 0 Å². The number of nitrogens with zero attached hydrogens (tertiary/aromatic N) is 1. The first-order valence-electron chi connectivity index (χ1n) is 7.45. The zero-order valence-corrected chi connectivity index (χ0v) is 13.5. The Hall–Kier alpha value is -2.04. The molecular formula is C17H23NO4. The number of carboxylic acid groups (broad SMARTS) is 1. The number of carbonyl (C=O) groups excluding carboxylic acids is 1. The summed E-state index contributed by atoms with van der Waals surface area (Å²) in [6.07, 6.45) is 1.59. The SMILES string of the molecule is COc1cc(C2(C(=O)N(C)C[C@H](C)C(=O)O)CC2)ccc1C. The number of ether oxygens (including phenoxy) is 1. The summed E-state index contributed by atoms with van der Waals surface area (Å²) in [7, 11) is 3.29. The van der Waals surface area contributed by atoms with Crippen molar-refractivity contribution < 1.29 is 19.4 Å². The molecule has 1 aromatic carbocycles. The van der Waals surface area contributed by atoms with Crippen LogP contribution in [0.2, 0.25) is 0 Å². The number of benzene rings is 1. The summed E-state index contributed by atoms with van der Waals surface area (Å²) in [6.45, 7) is 3.80. The number of carboxylic acids is 1. The lowest BCUT2D eigenvalue weighted by Gasteiger charge is -2.25. The molecule has 0 aromatic heterocycles. The number of hydrogen-bond acceptors (Lipinski definition) is 3. The van der Waals surface area contributed by atoms with Crippen molar-refractivity contribution in [3.63, 3.8) is 0 Å². The predicted octanol–water partition coefficient (Wildman–Crippen LogP) is 2.21. The fourth-order valence-corrected chi connectivity index (χ4v) is 2.81. The highest BCUT2D eigenvalue weighted by atomic mass is 16.5. The summed E-state index contributed by atoms with van der Waals surface area (Å²) < 4.78 is 5.34. The van der Waals surface area contributed by atoms with E-state index in [0.717, 1.165) is 29.7 Å². The van der Waals surface area contributed by atoms with Gasteiger partial charge in [-0.2, -0.15) is 0 Å². The third-order valence-electron chi connectivity index (χ3n) is 4.44. The van der Waals surface area contributed by atoms with Crippen LogP contribution >= 0.6 is 0 Å². The third kappa shape index (κ3) is 2.93. The fraction of sp³-hybridized carbons (Fsp3) is 0.529. The maximum Gasteiger partial charge on any atom is 0.308 e. The van der Waals surface area contributed by atoms with Crippen LogP contribution in [0.15, 0.2) is 18.2 Å². The molecule has 1 fully saturated rings. The largest absolute Gasteiger partial charge is 0.496 e. The van der Waals surface area contributed by atoms with E-state index in [0.29, 0.717) is 0 Å². The highest BCUT2D eigenvalue weighted by Crippen LogP contribution is 2.50. The van der Waals surface area contributed by atoms with Crippen LogP contribution in [-0.2, 0) is 15.0 Å². The Kier molecular flexibility index (Phi) is 4.44. The Morgan fingerprint density at radius 3 is 2.55 bits per heavy atom. The van der Waals surface area contributed by atoms with Gasteiger partial charge in [-0.3, -0.25) is 9.59 Å². The predicted molar refractivity (Wildman–Crippen MR) is 83.1 cm³/mol. The van der Waals surface area contributed by atoms with E-state index >= 15 is 0 Å². The number of aliphatic carboxylic acids is 1. The molecule has 1 atom stereocenters. The van der Waals surface area contributed by atoms with Gasteiger partial charge in [-0.15, -0.1) is 0 Å². The molecule has 0 bridgehead atoms. The van der Waals surface area contributed by atoms with Gasteiger partial charge < -0.3 is 14.7 Å². The number of aryl methyl sites for hydroxylation is 1. The lowest BCUT2D eigenvalue weighted by Crippen LogP contribution is -2.40. The molecule has 22 heavy (non-hydrogen) atoms. The second kappa shape index (κ2) is 5.99. The van der Waals surface area contributed by atoms with Crippen LogP contribution in [0.5, 0.6) is 5.75 Å². The average Bonchev–Trinajstić information content (AvgIpc) is 3.28. The molecular weight excluding hydrogens is 282 g/mol. The van der Waals surface area contributed by atoms with Crippen molar-refractivity contribution in [3.05, 3.63) is 29.3 Å². The van der Waals surface area contributed by atoms with Gasteiger partial charge in [0.05, 0.1) is 18.4 Å². The first-order chi connectivity index (χ1) is 10.3. The Bertz CT molecular complexity index is 592. The van der Waals surface area contributed by atoms with E-state index in [1.165, 1.54) is 4.90 Å². The quantitative estimate of drug-likeness (QED) is 0.875. The molecule has 1 aliphatic carbocycles. The molecule has 1 amide bonds. The zero-order chi connectivity index (χ0) is 16.5. The van der Waals surface area contributed by atoms with Gasteiger partial charge >= 0.3 is 5.97 Å². The van der Waals surface area contributed by atoms with Crippen molar-refractivity contribution in [1.82, 2.24) is 4.90 Å². The van der Waals surface area contributed by atoms with Crippen LogP contribution in [0.3, 0.4) is 0 Å². The molecule has 2 rings (SSSR count). The fourth-order valence-electron chi connectivity index (χ4n) is 2.81. The van der Waals surface area contributed by atoms with Crippen molar-refractivity contribution in [2.45, 2.75) is 32.1 Å². The molecule has 0 radical (unpaired) electrons. The molecule has 120 valence electrons. The van der Waals surface area contributed by atoms with Crippen LogP contribution < -0.4 is 4.74 Å². The summed E-state index contributed by atoms with van der Waals surface area (Å²) in [6, 6.07) is 5.85. The van der Waals surface area contributed by atoms with Crippen molar-refractivity contribution in [2.75, 3.05) is 20.7 Å². The number of carbonyl (C=O) groups is 2. The molecule has 0 heterocycles. The van der Waals surface area contributed by atoms with E-state index in [4.69, 9.17) is 9.84 Å². The smallest absolute Gasteiger partial charge is 0.308 e. The van der Waals surface area contributed by atoms with Gasteiger partial charge in [0.15, 0.2) is 0 Å². The number of amides is 1. The van der Waals surface area contributed by atoms with Gasteiger partial charge in [0.25, 0.3) is 0 Å². The minimum atomic E-state index is -0.887. The summed E-state index contributed by atoms with van der Waals surface area (Å²) in [4.78, 5) is 25.3. The Balaban J connectivity index is 2.20. The molecule has 1 aliphatic rings. The first-order valence-corrected chi connectivity index (χ1v) is 7.45. The second-order valence-corrected chi connectivity index (χ2v) is 6.19. The number of rotatable bonds is 6. The molecule has 0 unspecified atom stereocenters. The molecule has 1 saturated carbocycles. The standard InChI is InChI=1S/C17H23NO4/c1-11-5-6-13(9-14(11)22-4)17(7-8-17)16(21)18(3)10-12(2)15(19)20/h5-6,9,12H,7-8,10H2,1-4H3,(H,19,20)/t12-/m0/s1. The number of likely N-dealkylation sites (N-methyl/N-ethyl adjacent to an activating group) is 1. The molecule has 1 aromatic rings. The van der Waals surface area contributed by atoms with Crippen molar-refractivity contribution >= 4 is 11.9 Å². The summed E-state index contributed by atoms with van der Waals surface area (Å²) in [5, 5.41) is 8.99. The van der Waals surface area contributed by atoms with Crippen LogP contribution in [-0.4, -0.2) is 42.6 Å². The number of methoxy groups -OCH3 is 1. The Morgan fingerprint density at radius 1 is 1.41 bits per heavy atom. The van der Waals surface area contributed by atoms with Gasteiger partial charge in [-0.1, -0.05) is 19.1 Å². The molecule has 5 nitrogen and oxygen atoms in total. The van der Waals surface area contributed by atoms with Gasteiger partial charge in [-0.05, 0) is 37.0 Å². The molecule has 0 aliphatic heterocycles.